The van der Waals surface area contributed by atoms with E-state index in [-0.39, 0.29) is 28.8 Å². The molecule has 0 aliphatic carbocycles. The standard InChI is InChI=1S/C13H10ClFN2O2/c14-10-5-6-16-11(12(10)18)13(19)17-7-8-1-3-9(15)4-2-8/h1-6,18H,7H2,(H,17,19). The third-order valence-corrected chi connectivity index (χ3v) is 2.76. The predicted molar refractivity (Wildman–Crippen MR) is 68.5 cm³/mol. The van der Waals surface area contributed by atoms with Gasteiger partial charge in [0.25, 0.3) is 5.91 Å². The molecule has 2 aromatic rings. The molecular weight excluding hydrogens is 271 g/mol. The summed E-state index contributed by atoms with van der Waals surface area (Å²) in [4.78, 5) is 15.6. The maximum Gasteiger partial charge on any atom is 0.274 e. The van der Waals surface area contributed by atoms with Crippen LogP contribution in [0.25, 0.3) is 0 Å². The van der Waals surface area contributed by atoms with Crippen LogP contribution in [0.15, 0.2) is 36.5 Å². The minimum Gasteiger partial charge on any atom is -0.504 e. The van der Waals surface area contributed by atoms with Crippen LogP contribution in [0.1, 0.15) is 16.1 Å². The Morgan fingerprint density at radius 1 is 1.32 bits per heavy atom. The molecule has 2 N–H and O–H groups in total. The first-order chi connectivity index (χ1) is 9.08. The van der Waals surface area contributed by atoms with Gasteiger partial charge < -0.3 is 10.4 Å². The van der Waals surface area contributed by atoms with Crippen molar-refractivity contribution in [2.75, 3.05) is 0 Å². The first-order valence-corrected chi connectivity index (χ1v) is 5.82. The molecule has 0 atom stereocenters. The number of carbonyl (C=O) groups is 1. The van der Waals surface area contributed by atoms with E-state index in [1.807, 2.05) is 0 Å². The second kappa shape index (κ2) is 5.67. The number of rotatable bonds is 3. The SMILES string of the molecule is O=C(NCc1ccc(F)cc1)c1nccc(Cl)c1O. The molecule has 2 rings (SSSR count). The van der Waals surface area contributed by atoms with E-state index in [4.69, 9.17) is 11.6 Å². The van der Waals surface area contributed by atoms with Crippen LogP contribution in [0.5, 0.6) is 5.75 Å². The van der Waals surface area contributed by atoms with Crippen molar-refractivity contribution in [2.24, 2.45) is 0 Å². The average molecular weight is 281 g/mol. The van der Waals surface area contributed by atoms with Crippen LogP contribution in [-0.2, 0) is 6.54 Å². The van der Waals surface area contributed by atoms with Crippen LogP contribution >= 0.6 is 11.6 Å². The van der Waals surface area contributed by atoms with Crippen molar-refractivity contribution in [1.29, 1.82) is 0 Å². The zero-order valence-corrected chi connectivity index (χ0v) is 10.5. The average Bonchev–Trinajstić information content (AvgIpc) is 2.41. The Balaban J connectivity index is 2.05. The van der Waals surface area contributed by atoms with Crippen LogP contribution in [-0.4, -0.2) is 16.0 Å². The summed E-state index contributed by atoms with van der Waals surface area (Å²) in [6, 6.07) is 7.10. The van der Waals surface area contributed by atoms with Crippen LogP contribution < -0.4 is 5.32 Å². The highest BCUT2D eigenvalue weighted by molar-refractivity contribution is 6.32. The third kappa shape index (κ3) is 3.20. The van der Waals surface area contributed by atoms with Gasteiger partial charge in [0.15, 0.2) is 11.4 Å². The number of nitrogens with one attached hydrogen (secondary N) is 1. The van der Waals surface area contributed by atoms with Crippen molar-refractivity contribution in [3.63, 3.8) is 0 Å². The zero-order valence-electron chi connectivity index (χ0n) is 9.73. The molecule has 1 aromatic carbocycles. The summed E-state index contributed by atoms with van der Waals surface area (Å²) in [6.07, 6.45) is 1.33. The lowest BCUT2D eigenvalue weighted by Crippen LogP contribution is -2.23. The predicted octanol–water partition coefficient (Wildman–Crippen LogP) is 2.51. The Kier molecular flexibility index (Phi) is 3.97. The smallest absolute Gasteiger partial charge is 0.274 e. The third-order valence-electron chi connectivity index (χ3n) is 2.46. The summed E-state index contributed by atoms with van der Waals surface area (Å²) < 4.78 is 12.7. The van der Waals surface area contributed by atoms with E-state index in [0.29, 0.717) is 0 Å². The van der Waals surface area contributed by atoms with E-state index in [1.165, 1.54) is 24.4 Å². The van der Waals surface area contributed by atoms with Crippen LogP contribution in [0.2, 0.25) is 5.02 Å². The molecule has 0 radical (unpaired) electrons. The minimum absolute atomic E-state index is 0.0573. The van der Waals surface area contributed by atoms with E-state index in [0.717, 1.165) is 5.56 Å². The largest absolute Gasteiger partial charge is 0.504 e. The lowest BCUT2D eigenvalue weighted by molar-refractivity contribution is 0.0943. The number of pyridine rings is 1. The summed E-state index contributed by atoms with van der Waals surface area (Å²) in [7, 11) is 0. The number of halogens is 2. The molecule has 6 heteroatoms. The van der Waals surface area contributed by atoms with Gasteiger partial charge in [-0.15, -0.1) is 0 Å². The summed E-state index contributed by atoms with van der Waals surface area (Å²) >= 11 is 5.68. The van der Waals surface area contributed by atoms with Crippen molar-refractivity contribution in [3.8, 4) is 5.75 Å². The number of hydrogen-bond donors (Lipinski definition) is 2. The fourth-order valence-corrected chi connectivity index (χ4v) is 1.61. The molecule has 98 valence electrons. The molecule has 0 aliphatic heterocycles. The fraction of sp³-hybridized carbons (Fsp3) is 0.0769. The molecule has 0 bridgehead atoms. The van der Waals surface area contributed by atoms with E-state index in [1.54, 1.807) is 12.1 Å². The molecule has 1 heterocycles. The van der Waals surface area contributed by atoms with E-state index >= 15 is 0 Å². The molecule has 4 nitrogen and oxygen atoms in total. The number of aromatic nitrogens is 1. The highest BCUT2D eigenvalue weighted by atomic mass is 35.5. The van der Waals surface area contributed by atoms with Gasteiger partial charge in [-0.2, -0.15) is 0 Å². The normalized spacial score (nSPS) is 10.2. The summed E-state index contributed by atoms with van der Waals surface area (Å²) in [5.74, 6) is -1.26. The van der Waals surface area contributed by atoms with E-state index in [9.17, 15) is 14.3 Å². The van der Waals surface area contributed by atoms with Crippen LogP contribution in [0, 0.1) is 5.82 Å². The maximum atomic E-state index is 12.7. The van der Waals surface area contributed by atoms with Gasteiger partial charge in [-0.25, -0.2) is 9.37 Å². The summed E-state index contributed by atoms with van der Waals surface area (Å²) in [5.41, 5.74) is 0.589. The molecular formula is C13H10ClFN2O2. The molecule has 1 amide bonds. The van der Waals surface area contributed by atoms with Gasteiger partial charge >= 0.3 is 0 Å². The fourth-order valence-electron chi connectivity index (χ4n) is 1.46. The van der Waals surface area contributed by atoms with Crippen molar-refractivity contribution < 1.29 is 14.3 Å². The van der Waals surface area contributed by atoms with Crippen LogP contribution in [0.4, 0.5) is 4.39 Å². The second-order valence-corrected chi connectivity index (χ2v) is 4.21. The van der Waals surface area contributed by atoms with Gasteiger partial charge in [0.2, 0.25) is 0 Å². The van der Waals surface area contributed by atoms with Gasteiger partial charge in [0.1, 0.15) is 5.82 Å². The van der Waals surface area contributed by atoms with E-state index < -0.39 is 5.91 Å². The quantitative estimate of drug-likeness (QED) is 0.908. The monoisotopic (exact) mass is 280 g/mol. The van der Waals surface area contributed by atoms with Crippen molar-refractivity contribution in [1.82, 2.24) is 10.3 Å². The van der Waals surface area contributed by atoms with Gasteiger partial charge in [-0.1, -0.05) is 23.7 Å². The Morgan fingerprint density at radius 3 is 2.68 bits per heavy atom. The van der Waals surface area contributed by atoms with Gasteiger partial charge in [-0.05, 0) is 23.8 Å². The number of carbonyl (C=O) groups excluding carboxylic acids is 1. The molecule has 19 heavy (non-hydrogen) atoms. The summed E-state index contributed by atoms with van der Waals surface area (Å²) in [6.45, 7) is 0.201. The Bertz CT molecular complexity index is 602. The van der Waals surface area contributed by atoms with Gasteiger partial charge in [0.05, 0.1) is 5.02 Å². The zero-order chi connectivity index (χ0) is 13.8. The number of amides is 1. The van der Waals surface area contributed by atoms with Crippen molar-refractivity contribution in [2.45, 2.75) is 6.54 Å². The number of nitrogens with zero attached hydrogens (tertiary/aromatic N) is 1. The molecule has 1 aromatic heterocycles. The molecule has 0 spiro atoms. The highest BCUT2D eigenvalue weighted by Gasteiger charge is 2.14. The molecule has 0 fully saturated rings. The first kappa shape index (κ1) is 13.3. The molecule has 0 unspecified atom stereocenters. The number of benzene rings is 1. The second-order valence-electron chi connectivity index (χ2n) is 3.80. The van der Waals surface area contributed by atoms with Crippen molar-refractivity contribution in [3.05, 3.63) is 58.6 Å². The van der Waals surface area contributed by atoms with E-state index in [2.05, 4.69) is 10.3 Å². The first-order valence-electron chi connectivity index (χ1n) is 5.44. The Hall–Kier alpha value is -2.14. The maximum absolute atomic E-state index is 12.7. The van der Waals surface area contributed by atoms with Gasteiger partial charge in [0, 0.05) is 12.7 Å². The molecule has 0 aliphatic rings. The Morgan fingerprint density at radius 2 is 2.00 bits per heavy atom. The number of hydrogen-bond acceptors (Lipinski definition) is 3. The topological polar surface area (TPSA) is 62.2 Å². The minimum atomic E-state index is -0.552. The Labute approximate surface area is 113 Å². The lowest BCUT2D eigenvalue weighted by Gasteiger charge is -2.06. The molecule has 0 saturated carbocycles. The molecule has 0 saturated heterocycles. The van der Waals surface area contributed by atoms with Crippen molar-refractivity contribution >= 4 is 17.5 Å². The lowest BCUT2D eigenvalue weighted by atomic mass is 10.2. The summed E-state index contributed by atoms with van der Waals surface area (Å²) in [5, 5.41) is 12.2. The highest BCUT2D eigenvalue weighted by Crippen LogP contribution is 2.24. The van der Waals surface area contributed by atoms with Crippen LogP contribution in [0.3, 0.4) is 0 Å². The number of aromatic hydroxyl groups is 1. The van der Waals surface area contributed by atoms with Gasteiger partial charge in [-0.3, -0.25) is 4.79 Å².